The first-order valence-corrected chi connectivity index (χ1v) is 5.99. The van der Waals surface area contributed by atoms with E-state index in [0.29, 0.717) is 10.6 Å². The Kier molecular flexibility index (Phi) is 3.26. The van der Waals surface area contributed by atoms with Gasteiger partial charge < -0.3 is 0 Å². The number of hydrogen-bond donors (Lipinski definition) is 0. The Bertz CT molecular complexity index is 612. The van der Waals surface area contributed by atoms with Crippen LogP contribution >= 0.6 is 11.6 Å². The van der Waals surface area contributed by atoms with Crippen molar-refractivity contribution >= 4 is 17.4 Å². The highest BCUT2D eigenvalue weighted by Crippen LogP contribution is 2.21. The van der Waals surface area contributed by atoms with Crippen molar-refractivity contribution in [2.45, 2.75) is 20.3 Å². The minimum atomic E-state index is 0.00509. The van der Waals surface area contributed by atoms with E-state index >= 15 is 0 Å². The molecular weight excluding hydrogens is 252 g/mol. The maximum Gasteiger partial charge on any atom is 0.172 e. The number of nitrogens with zero attached hydrogens (tertiary/aromatic N) is 4. The third kappa shape index (κ3) is 2.18. The first-order chi connectivity index (χ1) is 8.40. The summed E-state index contributed by atoms with van der Waals surface area (Å²) in [4.78, 5) is 12.2. The van der Waals surface area contributed by atoms with Crippen LogP contribution in [0.25, 0.3) is 0 Å². The summed E-state index contributed by atoms with van der Waals surface area (Å²) in [6.07, 6.45) is 1.97. The van der Waals surface area contributed by atoms with E-state index < -0.39 is 0 Å². The van der Waals surface area contributed by atoms with Gasteiger partial charge in [-0.1, -0.05) is 11.6 Å². The maximum atomic E-state index is 12.2. The Labute approximate surface area is 110 Å². The topological polar surface area (TPSA) is 52.7 Å². The van der Waals surface area contributed by atoms with E-state index in [0.717, 1.165) is 17.1 Å². The van der Waals surface area contributed by atoms with Crippen LogP contribution in [0.2, 0.25) is 5.02 Å². The normalized spacial score (nSPS) is 10.9. The summed E-state index contributed by atoms with van der Waals surface area (Å²) in [5.74, 6) is 0.00509. The van der Waals surface area contributed by atoms with Crippen LogP contribution in [0.4, 0.5) is 0 Å². The van der Waals surface area contributed by atoms with Gasteiger partial charge in [-0.3, -0.25) is 14.2 Å². The van der Waals surface area contributed by atoms with Gasteiger partial charge in [0.2, 0.25) is 0 Å². The summed E-state index contributed by atoms with van der Waals surface area (Å²) >= 11 is 6.13. The van der Waals surface area contributed by atoms with Gasteiger partial charge in [0.15, 0.2) is 5.78 Å². The van der Waals surface area contributed by atoms with Crippen LogP contribution in [0.15, 0.2) is 6.20 Å². The number of halogens is 1. The predicted molar refractivity (Wildman–Crippen MR) is 68.9 cm³/mol. The largest absolute Gasteiger partial charge is 0.294 e. The highest BCUT2D eigenvalue weighted by Gasteiger charge is 2.18. The number of ketones is 1. The smallest absolute Gasteiger partial charge is 0.172 e. The standard InChI is InChI=1S/C12H15ClN4O/c1-7-9(6-16(3)14-7)11(18)5-10-12(13)8(2)15-17(10)4/h6H,5H2,1-4H3. The van der Waals surface area contributed by atoms with Gasteiger partial charge in [-0.05, 0) is 13.8 Å². The molecule has 0 amide bonds. The molecule has 0 saturated carbocycles. The molecule has 0 fully saturated rings. The third-order valence-electron chi connectivity index (χ3n) is 2.90. The van der Waals surface area contributed by atoms with Crippen LogP contribution in [0.5, 0.6) is 0 Å². The van der Waals surface area contributed by atoms with E-state index in [9.17, 15) is 4.79 Å². The quantitative estimate of drug-likeness (QED) is 0.797. The summed E-state index contributed by atoms with van der Waals surface area (Å²) in [6.45, 7) is 3.65. The van der Waals surface area contributed by atoms with Crippen molar-refractivity contribution in [2.24, 2.45) is 14.1 Å². The summed E-state index contributed by atoms with van der Waals surface area (Å²) in [7, 11) is 3.59. The van der Waals surface area contributed by atoms with E-state index in [1.165, 1.54) is 0 Å². The number of hydrogen-bond acceptors (Lipinski definition) is 3. The molecule has 0 aliphatic carbocycles. The average Bonchev–Trinajstić information content (AvgIpc) is 2.73. The first kappa shape index (κ1) is 12.8. The number of aryl methyl sites for hydroxylation is 4. The molecule has 0 N–H and O–H groups in total. The van der Waals surface area contributed by atoms with E-state index in [4.69, 9.17) is 11.6 Å². The van der Waals surface area contributed by atoms with Crippen molar-refractivity contribution in [2.75, 3.05) is 0 Å². The van der Waals surface area contributed by atoms with Gasteiger partial charge in [-0.2, -0.15) is 10.2 Å². The molecule has 2 heterocycles. The Morgan fingerprint density at radius 3 is 2.39 bits per heavy atom. The number of rotatable bonds is 3. The fourth-order valence-electron chi connectivity index (χ4n) is 1.99. The average molecular weight is 267 g/mol. The molecule has 0 aliphatic heterocycles. The molecule has 0 aromatic carbocycles. The molecule has 2 aromatic heterocycles. The van der Waals surface area contributed by atoms with Crippen molar-refractivity contribution in [3.05, 3.63) is 33.9 Å². The van der Waals surface area contributed by atoms with Gasteiger partial charge in [0.05, 0.1) is 34.1 Å². The molecule has 0 saturated heterocycles. The first-order valence-electron chi connectivity index (χ1n) is 5.61. The zero-order valence-corrected chi connectivity index (χ0v) is 11.6. The second-order valence-electron chi connectivity index (χ2n) is 4.37. The number of carbonyl (C=O) groups excluding carboxylic acids is 1. The third-order valence-corrected chi connectivity index (χ3v) is 3.40. The lowest BCUT2D eigenvalue weighted by Gasteiger charge is -2.01. The lowest BCUT2D eigenvalue weighted by atomic mass is 10.1. The summed E-state index contributed by atoms with van der Waals surface area (Å²) in [5, 5.41) is 8.92. The van der Waals surface area contributed by atoms with E-state index in [1.54, 1.807) is 29.7 Å². The Balaban J connectivity index is 2.29. The molecule has 5 nitrogen and oxygen atoms in total. The number of aromatic nitrogens is 4. The minimum absolute atomic E-state index is 0.00509. The fourth-order valence-corrected chi connectivity index (χ4v) is 2.22. The molecule has 2 rings (SSSR count). The minimum Gasteiger partial charge on any atom is -0.294 e. The van der Waals surface area contributed by atoms with Crippen LogP contribution in [0.3, 0.4) is 0 Å². The molecule has 0 atom stereocenters. The van der Waals surface area contributed by atoms with Crippen molar-refractivity contribution in [3.8, 4) is 0 Å². The SMILES string of the molecule is Cc1nn(C)cc1C(=O)Cc1c(Cl)c(C)nn1C. The van der Waals surface area contributed by atoms with Gasteiger partial charge in [0.1, 0.15) is 0 Å². The van der Waals surface area contributed by atoms with Crippen LogP contribution in [-0.4, -0.2) is 25.3 Å². The van der Waals surface area contributed by atoms with E-state index in [2.05, 4.69) is 10.2 Å². The summed E-state index contributed by atoms with van der Waals surface area (Å²) < 4.78 is 3.29. The van der Waals surface area contributed by atoms with Crippen molar-refractivity contribution in [3.63, 3.8) is 0 Å². The van der Waals surface area contributed by atoms with Gasteiger partial charge in [0, 0.05) is 20.3 Å². The van der Waals surface area contributed by atoms with Crippen LogP contribution in [-0.2, 0) is 20.5 Å². The van der Waals surface area contributed by atoms with Gasteiger partial charge in [-0.15, -0.1) is 0 Å². The molecule has 0 unspecified atom stereocenters. The van der Waals surface area contributed by atoms with E-state index in [-0.39, 0.29) is 12.2 Å². The summed E-state index contributed by atoms with van der Waals surface area (Å²) in [6, 6.07) is 0. The van der Waals surface area contributed by atoms with Gasteiger partial charge in [0.25, 0.3) is 0 Å². The molecule has 0 radical (unpaired) electrons. The Morgan fingerprint density at radius 1 is 1.28 bits per heavy atom. The van der Waals surface area contributed by atoms with Crippen LogP contribution < -0.4 is 0 Å². The molecule has 6 heteroatoms. The van der Waals surface area contributed by atoms with Crippen molar-refractivity contribution in [1.29, 1.82) is 0 Å². The molecule has 0 aliphatic rings. The Hall–Kier alpha value is -1.62. The lowest BCUT2D eigenvalue weighted by molar-refractivity contribution is 0.0990. The van der Waals surface area contributed by atoms with Crippen LogP contribution in [0.1, 0.15) is 27.4 Å². The van der Waals surface area contributed by atoms with Crippen molar-refractivity contribution in [1.82, 2.24) is 19.6 Å². The van der Waals surface area contributed by atoms with E-state index in [1.807, 2.05) is 13.8 Å². The van der Waals surface area contributed by atoms with Crippen molar-refractivity contribution < 1.29 is 4.79 Å². The Morgan fingerprint density at radius 2 is 1.94 bits per heavy atom. The second-order valence-corrected chi connectivity index (χ2v) is 4.75. The highest BCUT2D eigenvalue weighted by molar-refractivity contribution is 6.32. The highest BCUT2D eigenvalue weighted by atomic mass is 35.5. The number of Topliss-reactive ketones (excluding diaryl/α,β-unsaturated/α-hetero) is 1. The molecular formula is C12H15ClN4O. The molecule has 0 spiro atoms. The zero-order valence-electron chi connectivity index (χ0n) is 10.9. The predicted octanol–water partition coefficient (Wildman–Crippen LogP) is 1.85. The maximum absolute atomic E-state index is 12.2. The lowest BCUT2D eigenvalue weighted by Crippen LogP contribution is -2.08. The van der Waals surface area contributed by atoms with Crippen LogP contribution in [0, 0.1) is 13.8 Å². The molecule has 96 valence electrons. The van der Waals surface area contributed by atoms with Gasteiger partial charge >= 0.3 is 0 Å². The second kappa shape index (κ2) is 4.57. The molecule has 2 aromatic rings. The number of carbonyl (C=O) groups is 1. The fraction of sp³-hybridized carbons (Fsp3) is 0.417. The monoisotopic (exact) mass is 266 g/mol. The van der Waals surface area contributed by atoms with Gasteiger partial charge in [-0.25, -0.2) is 0 Å². The molecule has 0 bridgehead atoms. The molecule has 18 heavy (non-hydrogen) atoms. The summed E-state index contributed by atoms with van der Waals surface area (Å²) in [5.41, 5.74) is 2.84. The zero-order chi connectivity index (χ0) is 13.4.